The quantitative estimate of drug-likeness (QED) is 0.719. The number of hydrogen-bond acceptors (Lipinski definition) is 4. The summed E-state index contributed by atoms with van der Waals surface area (Å²) in [6, 6.07) is 9.03. The second kappa shape index (κ2) is 7.31. The first-order valence-corrected chi connectivity index (χ1v) is 10.4. The Bertz CT molecular complexity index is 1130. The van der Waals surface area contributed by atoms with Crippen LogP contribution in [0.4, 0.5) is 14.5 Å². The molecule has 2 aromatic carbocycles. The highest BCUT2D eigenvalue weighted by atomic mass is 32.2. The number of aryl methyl sites for hydroxylation is 1. The van der Waals surface area contributed by atoms with E-state index in [1.165, 1.54) is 0 Å². The van der Waals surface area contributed by atoms with Gasteiger partial charge in [-0.3, -0.25) is 4.72 Å². The van der Waals surface area contributed by atoms with Gasteiger partial charge in [-0.05, 0) is 37.1 Å². The Morgan fingerprint density at radius 2 is 1.86 bits per heavy atom. The van der Waals surface area contributed by atoms with Gasteiger partial charge in [0.2, 0.25) is 0 Å². The van der Waals surface area contributed by atoms with Crippen molar-refractivity contribution < 1.29 is 17.2 Å². The summed E-state index contributed by atoms with van der Waals surface area (Å²) in [4.78, 5) is -0.615. The minimum atomic E-state index is -4.20. The number of nitrogens with zero attached hydrogens (tertiary/aromatic N) is 3. The van der Waals surface area contributed by atoms with Gasteiger partial charge < -0.3 is 4.57 Å². The monoisotopic (exact) mass is 404 g/mol. The Labute approximate surface area is 161 Å². The standard InChI is InChI=1S/C19H18F2N4O2S/c20-14-8-9-17(16(21)12-14)28(26,27)24-15-6-4-5-13(11-15)19-23-22-18-7-2-1-3-10-25(18)19/h4-6,8-9,11-12,24H,1-3,7,10H2. The lowest BCUT2D eigenvalue weighted by Gasteiger charge is -2.11. The van der Waals surface area contributed by atoms with E-state index in [1.807, 2.05) is 6.07 Å². The lowest BCUT2D eigenvalue weighted by Crippen LogP contribution is -2.14. The molecule has 146 valence electrons. The lowest BCUT2D eigenvalue weighted by molar-refractivity contribution is 0.551. The fraction of sp³-hybridized carbons (Fsp3) is 0.263. The molecule has 28 heavy (non-hydrogen) atoms. The maximum absolute atomic E-state index is 13.9. The largest absolute Gasteiger partial charge is 0.311 e. The van der Waals surface area contributed by atoms with Gasteiger partial charge in [-0.25, -0.2) is 17.2 Å². The number of halogens is 2. The molecular weight excluding hydrogens is 386 g/mol. The third kappa shape index (κ3) is 3.62. The molecule has 3 aromatic rings. The van der Waals surface area contributed by atoms with Gasteiger partial charge in [0.05, 0.1) is 0 Å². The predicted molar refractivity (Wildman–Crippen MR) is 100 cm³/mol. The second-order valence-electron chi connectivity index (χ2n) is 6.66. The Kier molecular flexibility index (Phi) is 4.84. The van der Waals surface area contributed by atoms with Gasteiger partial charge in [0, 0.05) is 30.3 Å². The van der Waals surface area contributed by atoms with Crippen molar-refractivity contribution in [1.82, 2.24) is 14.8 Å². The average Bonchev–Trinajstić information content (AvgIpc) is 2.90. The molecule has 0 saturated carbocycles. The van der Waals surface area contributed by atoms with Gasteiger partial charge >= 0.3 is 0 Å². The maximum Gasteiger partial charge on any atom is 0.264 e. The van der Waals surface area contributed by atoms with Gasteiger partial charge in [-0.1, -0.05) is 18.6 Å². The number of aromatic nitrogens is 3. The molecule has 0 spiro atoms. The molecule has 0 bridgehead atoms. The van der Waals surface area contributed by atoms with Gasteiger partial charge in [0.15, 0.2) is 5.82 Å². The van der Waals surface area contributed by atoms with Crippen molar-refractivity contribution in [3.63, 3.8) is 0 Å². The van der Waals surface area contributed by atoms with Crippen molar-refractivity contribution in [2.24, 2.45) is 0 Å². The average molecular weight is 404 g/mol. The van der Waals surface area contributed by atoms with Crippen LogP contribution in [0.2, 0.25) is 0 Å². The Hall–Kier alpha value is -2.81. The van der Waals surface area contributed by atoms with Crippen LogP contribution in [0.15, 0.2) is 47.4 Å². The lowest BCUT2D eigenvalue weighted by atomic mass is 10.2. The molecule has 0 atom stereocenters. The van der Waals surface area contributed by atoms with E-state index in [0.717, 1.165) is 50.2 Å². The van der Waals surface area contributed by atoms with E-state index in [0.29, 0.717) is 17.5 Å². The van der Waals surface area contributed by atoms with E-state index in [-0.39, 0.29) is 5.69 Å². The SMILES string of the molecule is O=S(=O)(Nc1cccc(-c2nnc3n2CCCCC3)c1)c1ccc(F)cc1F. The number of hydrogen-bond donors (Lipinski definition) is 1. The molecule has 4 rings (SSSR count). The fourth-order valence-electron chi connectivity index (χ4n) is 3.32. The zero-order chi connectivity index (χ0) is 19.7. The van der Waals surface area contributed by atoms with Crippen molar-refractivity contribution in [2.45, 2.75) is 37.1 Å². The van der Waals surface area contributed by atoms with Crippen LogP contribution in [-0.2, 0) is 23.0 Å². The molecule has 9 heteroatoms. The Balaban J connectivity index is 1.65. The van der Waals surface area contributed by atoms with Gasteiger partial charge in [0.25, 0.3) is 10.0 Å². The zero-order valence-electron chi connectivity index (χ0n) is 14.9. The third-order valence-electron chi connectivity index (χ3n) is 4.67. The molecule has 2 heterocycles. The molecule has 1 aliphatic rings. The van der Waals surface area contributed by atoms with Gasteiger partial charge in [-0.2, -0.15) is 0 Å². The van der Waals surface area contributed by atoms with Crippen molar-refractivity contribution in [2.75, 3.05) is 4.72 Å². The summed E-state index contributed by atoms with van der Waals surface area (Å²) < 4.78 is 56.4. The molecule has 1 aliphatic heterocycles. The van der Waals surface area contributed by atoms with Crippen LogP contribution in [0.5, 0.6) is 0 Å². The summed E-state index contributed by atoms with van der Waals surface area (Å²) >= 11 is 0. The molecule has 0 amide bonds. The number of rotatable bonds is 4. The summed E-state index contributed by atoms with van der Waals surface area (Å²) in [6.07, 6.45) is 4.10. The summed E-state index contributed by atoms with van der Waals surface area (Å²) in [7, 11) is -4.20. The molecule has 1 aromatic heterocycles. The topological polar surface area (TPSA) is 76.9 Å². The first kappa shape index (κ1) is 18.5. The minimum Gasteiger partial charge on any atom is -0.311 e. The van der Waals surface area contributed by atoms with Crippen LogP contribution >= 0.6 is 0 Å². The summed E-state index contributed by atoms with van der Waals surface area (Å²) in [6.45, 7) is 0.814. The molecular formula is C19H18F2N4O2S. The van der Waals surface area contributed by atoms with Crippen LogP contribution in [0.3, 0.4) is 0 Å². The van der Waals surface area contributed by atoms with Crippen molar-refractivity contribution in [1.29, 1.82) is 0 Å². The van der Waals surface area contributed by atoms with E-state index in [4.69, 9.17) is 0 Å². The van der Waals surface area contributed by atoms with E-state index < -0.39 is 26.6 Å². The number of benzene rings is 2. The predicted octanol–water partition coefficient (Wildman–Crippen LogP) is 3.75. The van der Waals surface area contributed by atoms with E-state index in [2.05, 4.69) is 19.5 Å². The number of fused-ring (bicyclic) bond motifs is 1. The van der Waals surface area contributed by atoms with Crippen LogP contribution in [0, 0.1) is 11.6 Å². The summed E-state index contributed by atoms with van der Waals surface area (Å²) in [5.41, 5.74) is 0.965. The van der Waals surface area contributed by atoms with Crippen LogP contribution in [0.1, 0.15) is 25.1 Å². The number of nitrogens with one attached hydrogen (secondary N) is 1. The fourth-order valence-corrected chi connectivity index (χ4v) is 4.43. The highest BCUT2D eigenvalue weighted by molar-refractivity contribution is 7.92. The summed E-state index contributed by atoms with van der Waals surface area (Å²) in [5, 5.41) is 8.52. The first-order valence-electron chi connectivity index (χ1n) is 8.94. The van der Waals surface area contributed by atoms with Gasteiger partial charge in [-0.15, -0.1) is 10.2 Å². The van der Waals surface area contributed by atoms with Crippen LogP contribution in [0.25, 0.3) is 11.4 Å². The molecule has 0 radical (unpaired) electrons. The van der Waals surface area contributed by atoms with E-state index in [9.17, 15) is 17.2 Å². The molecule has 0 aliphatic carbocycles. The number of anilines is 1. The maximum atomic E-state index is 13.9. The smallest absolute Gasteiger partial charge is 0.264 e. The molecule has 0 unspecified atom stereocenters. The zero-order valence-corrected chi connectivity index (χ0v) is 15.7. The van der Waals surface area contributed by atoms with Crippen molar-refractivity contribution >= 4 is 15.7 Å². The van der Waals surface area contributed by atoms with Crippen LogP contribution < -0.4 is 4.72 Å². The normalized spacial score (nSPS) is 14.4. The van der Waals surface area contributed by atoms with E-state index in [1.54, 1.807) is 18.2 Å². The molecule has 0 fully saturated rings. The second-order valence-corrected chi connectivity index (χ2v) is 8.31. The Morgan fingerprint density at radius 3 is 2.68 bits per heavy atom. The molecule has 0 saturated heterocycles. The minimum absolute atomic E-state index is 0.257. The van der Waals surface area contributed by atoms with Gasteiger partial charge in [0.1, 0.15) is 22.4 Å². The van der Waals surface area contributed by atoms with Crippen LogP contribution in [-0.4, -0.2) is 23.2 Å². The number of sulfonamides is 1. The molecule has 1 N–H and O–H groups in total. The first-order chi connectivity index (χ1) is 13.4. The summed E-state index contributed by atoms with van der Waals surface area (Å²) in [5.74, 6) is -0.393. The highest BCUT2D eigenvalue weighted by Crippen LogP contribution is 2.26. The molecule has 6 nitrogen and oxygen atoms in total. The highest BCUT2D eigenvalue weighted by Gasteiger charge is 2.21. The van der Waals surface area contributed by atoms with Crippen molar-refractivity contribution in [3.8, 4) is 11.4 Å². The Morgan fingerprint density at radius 1 is 1.00 bits per heavy atom. The third-order valence-corrected chi connectivity index (χ3v) is 6.08. The van der Waals surface area contributed by atoms with Crippen molar-refractivity contribution in [3.05, 3.63) is 59.9 Å². The van der Waals surface area contributed by atoms with E-state index >= 15 is 0 Å².